The van der Waals surface area contributed by atoms with E-state index >= 15 is 0 Å². The molecule has 1 aliphatic heterocycles. The van der Waals surface area contributed by atoms with Crippen molar-refractivity contribution in [2.75, 3.05) is 0 Å². The first-order chi connectivity index (χ1) is 41.3. The molecule has 9 nitrogen and oxygen atoms in total. The van der Waals surface area contributed by atoms with Crippen molar-refractivity contribution in [2.45, 2.75) is 0 Å². The van der Waals surface area contributed by atoms with Gasteiger partial charge in [0.1, 0.15) is 0 Å². The van der Waals surface area contributed by atoms with Gasteiger partial charge in [-0.05, 0) is 0 Å². The maximum atomic E-state index is 7.67. The first-order valence-corrected chi connectivity index (χ1v) is 32.3. The van der Waals surface area contributed by atoms with E-state index in [1.54, 1.807) is 0 Å². The summed E-state index contributed by atoms with van der Waals surface area (Å²) in [6.45, 7) is 0. The number of nitrogens with zero attached hydrogens (tertiary/aromatic N) is 1. The number of hydrogen-bond acceptors (Lipinski definition) is 9. The monoisotopic (exact) mass is 1150 g/mol. The van der Waals surface area contributed by atoms with Gasteiger partial charge in [0, 0.05) is 0 Å². The van der Waals surface area contributed by atoms with Crippen LogP contribution < -0.4 is 36.9 Å². The van der Waals surface area contributed by atoms with Crippen molar-refractivity contribution in [1.29, 1.82) is 0 Å². The number of nitrogens with one attached hydrogen (secondary N) is 2. The summed E-state index contributed by atoms with van der Waals surface area (Å²) >= 11 is 0. The summed E-state index contributed by atoms with van der Waals surface area (Å²) in [6.07, 6.45) is 0. The van der Waals surface area contributed by atoms with Crippen molar-refractivity contribution in [1.82, 2.24) is 9.72 Å². The molecular formula is C72H56N3O6P3. The van der Waals surface area contributed by atoms with Crippen molar-refractivity contribution < 1.29 is 27.1 Å². The van der Waals surface area contributed by atoms with Crippen molar-refractivity contribution in [3.8, 4) is 101 Å². The molecule has 12 heteroatoms. The van der Waals surface area contributed by atoms with Gasteiger partial charge in [-0.15, -0.1) is 0 Å². The van der Waals surface area contributed by atoms with Crippen molar-refractivity contribution >= 4 is 23.7 Å². The van der Waals surface area contributed by atoms with Crippen LogP contribution in [0.5, 0.6) is 34.5 Å². The Bertz CT molecular complexity index is 3740. The zero-order chi connectivity index (χ0) is 56.5. The summed E-state index contributed by atoms with van der Waals surface area (Å²) in [6, 6.07) is 108. The Kier molecular flexibility index (Phi) is 14.9. The SMILES string of the molecule is c1ccc(-c2ccc(OP3(Oc4ccc(-c5ccccc5)cc4)(Oc4ccc(-c5ccccc5)cc4)N=PNP(Oc4ccc(-c5ccccc5)cc4)(Oc4ccc(-c5ccccc5)cc4)(Oc4ccc(-c5ccccc5)cc4)N3)cc2)cc1. The van der Waals surface area contributed by atoms with E-state index in [-0.39, 0.29) is 8.52 Å². The van der Waals surface area contributed by atoms with Gasteiger partial charge in [0.15, 0.2) is 0 Å². The molecule has 0 aliphatic carbocycles. The predicted octanol–water partition coefficient (Wildman–Crippen LogP) is 21.0. The summed E-state index contributed by atoms with van der Waals surface area (Å²) in [5.41, 5.74) is 12.1. The summed E-state index contributed by atoms with van der Waals surface area (Å²) in [4.78, 5) is 7.43. The van der Waals surface area contributed by atoms with Crippen LogP contribution in [0.25, 0.3) is 66.8 Å². The van der Waals surface area contributed by atoms with Crippen molar-refractivity contribution in [3.05, 3.63) is 328 Å². The molecule has 1 aliphatic rings. The van der Waals surface area contributed by atoms with Crippen LogP contribution in [-0.2, 0) is 0 Å². The third-order valence-electron chi connectivity index (χ3n) is 14.1. The van der Waals surface area contributed by atoms with Crippen LogP contribution in [0.2, 0.25) is 0 Å². The van der Waals surface area contributed by atoms with Gasteiger partial charge in [-0.1, -0.05) is 0 Å². The molecule has 0 radical (unpaired) electrons. The molecule has 12 aromatic rings. The van der Waals surface area contributed by atoms with Crippen molar-refractivity contribution in [3.63, 3.8) is 0 Å². The molecule has 0 amide bonds. The second-order valence-electron chi connectivity index (χ2n) is 20.0. The molecule has 410 valence electrons. The Morgan fingerprint density at radius 1 is 0.214 bits per heavy atom. The van der Waals surface area contributed by atoms with Crippen LogP contribution in [0.4, 0.5) is 0 Å². The Morgan fingerprint density at radius 3 is 0.595 bits per heavy atom. The fraction of sp³-hybridized carbons (Fsp3) is 0. The fourth-order valence-corrected chi connectivity index (χ4v) is 20.3. The quantitative estimate of drug-likeness (QED) is 0.0821. The predicted molar refractivity (Wildman–Crippen MR) is 344 cm³/mol. The van der Waals surface area contributed by atoms with Crippen LogP contribution >= 0.6 is 23.7 Å². The molecule has 0 saturated carbocycles. The average Bonchev–Trinajstić information content (AvgIpc) is 1.06. The van der Waals surface area contributed by atoms with Gasteiger partial charge in [0.2, 0.25) is 0 Å². The maximum absolute atomic E-state index is 7.67. The van der Waals surface area contributed by atoms with E-state index in [0.717, 1.165) is 66.8 Å². The first kappa shape index (κ1) is 53.6. The topological polar surface area (TPSA) is 91.8 Å². The van der Waals surface area contributed by atoms with E-state index < -0.39 is 15.2 Å². The summed E-state index contributed by atoms with van der Waals surface area (Å²) in [7, 11) is -11.1. The Hall–Kier alpha value is -9.68. The van der Waals surface area contributed by atoms with Gasteiger partial charge in [0.25, 0.3) is 0 Å². The van der Waals surface area contributed by atoms with E-state index in [2.05, 4.69) is 82.5 Å². The molecule has 0 atom stereocenters. The molecule has 84 heavy (non-hydrogen) atoms. The van der Waals surface area contributed by atoms with Gasteiger partial charge in [-0.2, -0.15) is 0 Å². The molecule has 0 fully saturated rings. The van der Waals surface area contributed by atoms with E-state index in [1.165, 1.54) is 0 Å². The molecule has 0 unspecified atom stereocenters. The summed E-state index contributed by atoms with van der Waals surface area (Å²) < 4.78 is 51.4. The van der Waals surface area contributed by atoms with Gasteiger partial charge < -0.3 is 0 Å². The Balaban J connectivity index is 1.04. The Morgan fingerprint density at radius 2 is 0.393 bits per heavy atom. The molecule has 2 N–H and O–H groups in total. The molecule has 0 bridgehead atoms. The molecule has 1 heterocycles. The van der Waals surface area contributed by atoms with Gasteiger partial charge in [-0.3, -0.25) is 0 Å². The van der Waals surface area contributed by atoms with E-state index in [1.807, 2.05) is 255 Å². The molecule has 0 aromatic heterocycles. The van der Waals surface area contributed by atoms with E-state index in [4.69, 9.17) is 31.7 Å². The molecule has 0 saturated heterocycles. The van der Waals surface area contributed by atoms with Crippen LogP contribution in [0.15, 0.2) is 332 Å². The zero-order valence-electron chi connectivity index (χ0n) is 45.4. The molecule has 13 rings (SSSR count). The number of benzene rings is 12. The third kappa shape index (κ3) is 11.8. The molecule has 0 spiro atoms. The summed E-state index contributed by atoms with van der Waals surface area (Å²) in [5, 5.41) is 0. The normalized spacial score (nSPS) is 15.5. The van der Waals surface area contributed by atoms with Gasteiger partial charge in [-0.25, -0.2) is 0 Å². The van der Waals surface area contributed by atoms with E-state index in [0.29, 0.717) is 34.5 Å². The van der Waals surface area contributed by atoms with Crippen LogP contribution in [0.1, 0.15) is 0 Å². The minimum absolute atomic E-state index is 0.144. The van der Waals surface area contributed by atoms with Crippen LogP contribution in [-0.4, -0.2) is 0 Å². The summed E-state index contributed by atoms with van der Waals surface area (Å²) in [5.74, 6) is 2.25. The van der Waals surface area contributed by atoms with Crippen LogP contribution in [0.3, 0.4) is 0 Å². The van der Waals surface area contributed by atoms with Crippen LogP contribution in [0, 0.1) is 0 Å². The fourth-order valence-electron chi connectivity index (χ4n) is 10.0. The van der Waals surface area contributed by atoms with Crippen molar-refractivity contribution in [2.24, 2.45) is 4.52 Å². The molecular weight excluding hydrogens is 1100 g/mol. The average molecular weight is 1150 g/mol. The number of rotatable bonds is 18. The van der Waals surface area contributed by atoms with Gasteiger partial charge >= 0.3 is 494 Å². The minimum atomic E-state index is -5.68. The standard InChI is InChI=1S/C72H56N3O6P3/c1-7-19-55(20-8-1)61-31-43-67(44-32-61)76-83(77-68-45-33-62(34-46-68)56-21-9-2-10-22-56,78-69-47-35-63(36-48-69)57-23-11-3-12-24-57)73-82-74-84(75-83,79-70-49-37-64(38-50-70)58-25-13-4-14-26-58,80-71-51-39-65(40-52-71)59-27-15-5-16-28-59)81-72-53-41-66(42-54-72)60-29-17-6-18-30-60/h1-54,75H,(H,73,74). The second-order valence-corrected chi connectivity index (χ2v) is 27.1. The second kappa shape index (κ2) is 23.3. The molecule has 12 aromatic carbocycles. The van der Waals surface area contributed by atoms with Gasteiger partial charge in [0.05, 0.1) is 0 Å². The first-order valence-electron chi connectivity index (χ1n) is 27.5. The number of hydrogen-bond donors (Lipinski definition) is 2. The zero-order valence-corrected chi connectivity index (χ0v) is 48.1. The third-order valence-corrected chi connectivity index (χ3v) is 23.4. The van der Waals surface area contributed by atoms with E-state index in [9.17, 15) is 0 Å². The Labute approximate surface area is 491 Å².